The summed E-state index contributed by atoms with van der Waals surface area (Å²) in [5, 5.41) is 0. The van der Waals surface area contributed by atoms with Gasteiger partial charge in [-0.25, -0.2) is 21.9 Å². The first-order valence-corrected chi connectivity index (χ1v) is 11.1. The molecule has 0 aliphatic heterocycles. The fraction of sp³-hybridized carbons (Fsp3) is 0.174. The van der Waals surface area contributed by atoms with Crippen molar-refractivity contribution in [3.63, 3.8) is 0 Å². The Morgan fingerprint density at radius 2 is 1.48 bits per heavy atom. The minimum atomic E-state index is -4.74. The Morgan fingerprint density at radius 3 is 2.09 bits per heavy atom. The molecule has 0 aliphatic rings. The number of Topliss-reactive ketones (excluding diaryl/α,β-unsaturated/α-hetero) is 1. The number of rotatable bonds is 8. The van der Waals surface area contributed by atoms with Gasteiger partial charge in [0.25, 0.3) is 0 Å². The molecule has 1 N–H and O–H groups in total. The summed E-state index contributed by atoms with van der Waals surface area (Å²) in [4.78, 5) is 12.2. The Morgan fingerprint density at radius 1 is 0.848 bits per heavy atom. The van der Waals surface area contributed by atoms with Gasteiger partial charge in [-0.2, -0.15) is 13.2 Å². The molecule has 0 spiro atoms. The van der Waals surface area contributed by atoms with Crippen LogP contribution in [0, 0.1) is 11.6 Å². The standard InChI is InChI=1S/C23H18F5NO3S/c24-18-8-15(9-19(25)13-18)10-20(30)11-17-12-21(33(31,32)29-14-23(26,27)28)6-7-22(17)16-4-2-1-3-5-16/h1-9,12-13,29H,10-11,14H2. The maximum Gasteiger partial charge on any atom is 0.402 e. The average molecular weight is 483 g/mol. The minimum absolute atomic E-state index is 0.106. The zero-order valence-corrected chi connectivity index (χ0v) is 17.8. The van der Waals surface area contributed by atoms with E-state index in [-0.39, 0.29) is 24.0 Å². The summed E-state index contributed by atoms with van der Waals surface area (Å²) in [6, 6.07) is 15.0. The van der Waals surface area contributed by atoms with Gasteiger partial charge in [0.1, 0.15) is 24.0 Å². The number of benzene rings is 3. The Bertz CT molecular complexity index is 1240. The molecular formula is C23H18F5NO3S. The van der Waals surface area contributed by atoms with Gasteiger partial charge in [0.05, 0.1) is 4.90 Å². The van der Waals surface area contributed by atoms with Crippen LogP contribution in [0.4, 0.5) is 22.0 Å². The molecule has 10 heteroatoms. The van der Waals surface area contributed by atoms with E-state index in [0.29, 0.717) is 17.2 Å². The van der Waals surface area contributed by atoms with Gasteiger partial charge in [0, 0.05) is 18.9 Å². The van der Waals surface area contributed by atoms with E-state index in [9.17, 15) is 35.2 Å². The van der Waals surface area contributed by atoms with E-state index in [2.05, 4.69) is 0 Å². The molecule has 0 amide bonds. The van der Waals surface area contributed by atoms with E-state index >= 15 is 0 Å². The number of ketones is 1. The molecule has 0 saturated carbocycles. The van der Waals surface area contributed by atoms with Crippen LogP contribution in [0.15, 0.2) is 71.6 Å². The molecule has 3 aromatic carbocycles. The summed E-state index contributed by atoms with van der Waals surface area (Å²) in [6.07, 6.45) is -5.35. The zero-order valence-electron chi connectivity index (χ0n) is 17.0. The quantitative estimate of drug-likeness (QED) is 0.467. The van der Waals surface area contributed by atoms with Crippen molar-refractivity contribution < 1.29 is 35.2 Å². The zero-order chi connectivity index (χ0) is 24.2. The third kappa shape index (κ3) is 6.93. The van der Waals surface area contributed by atoms with Crippen molar-refractivity contribution in [3.8, 4) is 11.1 Å². The Kier molecular flexibility index (Phi) is 7.28. The predicted molar refractivity (Wildman–Crippen MR) is 112 cm³/mol. The van der Waals surface area contributed by atoms with Crippen LogP contribution in [-0.4, -0.2) is 26.9 Å². The molecule has 33 heavy (non-hydrogen) atoms. The van der Waals surface area contributed by atoms with Crippen molar-refractivity contribution in [1.29, 1.82) is 0 Å². The molecule has 0 fully saturated rings. The van der Waals surface area contributed by atoms with Crippen molar-refractivity contribution in [3.05, 3.63) is 89.5 Å². The van der Waals surface area contributed by atoms with Crippen molar-refractivity contribution >= 4 is 15.8 Å². The van der Waals surface area contributed by atoms with E-state index in [1.165, 1.54) is 10.8 Å². The Hall–Kier alpha value is -3.11. The van der Waals surface area contributed by atoms with Gasteiger partial charge in [-0.15, -0.1) is 0 Å². The van der Waals surface area contributed by atoms with Crippen LogP contribution in [0.2, 0.25) is 0 Å². The summed E-state index contributed by atoms with van der Waals surface area (Å²) in [5.74, 6) is -2.15. The Balaban J connectivity index is 1.94. The molecule has 0 radical (unpaired) electrons. The minimum Gasteiger partial charge on any atom is -0.299 e. The van der Waals surface area contributed by atoms with Crippen LogP contribution in [0.3, 0.4) is 0 Å². The Labute approximate surface area is 187 Å². The maximum atomic E-state index is 13.4. The predicted octanol–water partition coefficient (Wildman–Crippen LogP) is 4.83. The molecule has 174 valence electrons. The van der Waals surface area contributed by atoms with Gasteiger partial charge < -0.3 is 0 Å². The monoisotopic (exact) mass is 483 g/mol. The van der Waals surface area contributed by atoms with Crippen LogP contribution in [-0.2, 0) is 27.7 Å². The summed E-state index contributed by atoms with van der Waals surface area (Å²) in [6.45, 7) is -1.74. The molecule has 0 saturated heterocycles. The highest BCUT2D eigenvalue weighted by Gasteiger charge is 2.30. The molecule has 0 aliphatic carbocycles. The number of halogens is 5. The molecule has 0 atom stereocenters. The second kappa shape index (κ2) is 9.80. The number of carbonyl (C=O) groups is 1. The average Bonchev–Trinajstić information content (AvgIpc) is 2.71. The molecule has 0 aromatic heterocycles. The molecule has 0 heterocycles. The van der Waals surface area contributed by atoms with Crippen LogP contribution in [0.5, 0.6) is 0 Å². The second-order valence-corrected chi connectivity index (χ2v) is 9.06. The van der Waals surface area contributed by atoms with Gasteiger partial charge >= 0.3 is 6.18 Å². The summed E-state index contributed by atoms with van der Waals surface area (Å²) < 4.78 is 90.5. The lowest BCUT2D eigenvalue weighted by Gasteiger charge is -2.14. The number of hydrogen-bond donors (Lipinski definition) is 1. The SMILES string of the molecule is O=C(Cc1cc(F)cc(F)c1)Cc1cc(S(=O)(=O)NCC(F)(F)F)ccc1-c1ccccc1. The first-order valence-electron chi connectivity index (χ1n) is 9.64. The van der Waals surface area contributed by atoms with Crippen molar-refractivity contribution in [2.24, 2.45) is 0 Å². The normalized spacial score (nSPS) is 12.0. The molecule has 3 aromatic rings. The van der Waals surface area contributed by atoms with Gasteiger partial charge in [-0.05, 0) is 46.5 Å². The van der Waals surface area contributed by atoms with E-state index in [0.717, 1.165) is 24.3 Å². The van der Waals surface area contributed by atoms with Crippen LogP contribution < -0.4 is 4.72 Å². The van der Waals surface area contributed by atoms with Crippen LogP contribution in [0.25, 0.3) is 11.1 Å². The molecule has 4 nitrogen and oxygen atoms in total. The van der Waals surface area contributed by atoms with Gasteiger partial charge in [0.2, 0.25) is 10.0 Å². The van der Waals surface area contributed by atoms with E-state index in [1.54, 1.807) is 30.3 Å². The number of hydrogen-bond acceptors (Lipinski definition) is 3. The number of sulfonamides is 1. The largest absolute Gasteiger partial charge is 0.402 e. The third-order valence-electron chi connectivity index (χ3n) is 4.65. The molecule has 0 unspecified atom stereocenters. The fourth-order valence-corrected chi connectivity index (χ4v) is 4.32. The van der Waals surface area contributed by atoms with Gasteiger partial charge in [-0.3, -0.25) is 4.79 Å². The lowest BCUT2D eigenvalue weighted by Crippen LogP contribution is -2.33. The summed E-state index contributed by atoms with van der Waals surface area (Å²) in [5.41, 5.74) is 1.51. The highest BCUT2D eigenvalue weighted by atomic mass is 32.2. The third-order valence-corrected chi connectivity index (χ3v) is 6.04. The topological polar surface area (TPSA) is 63.2 Å². The van der Waals surface area contributed by atoms with Gasteiger partial charge in [-0.1, -0.05) is 36.4 Å². The van der Waals surface area contributed by atoms with Gasteiger partial charge in [0.15, 0.2) is 0 Å². The smallest absolute Gasteiger partial charge is 0.299 e. The van der Waals surface area contributed by atoms with Crippen molar-refractivity contribution in [1.82, 2.24) is 4.72 Å². The first kappa shape index (κ1) is 24.5. The summed E-state index contributed by atoms with van der Waals surface area (Å²) in [7, 11) is -4.50. The maximum absolute atomic E-state index is 13.4. The lowest BCUT2D eigenvalue weighted by molar-refractivity contribution is -0.121. The number of alkyl halides is 3. The second-order valence-electron chi connectivity index (χ2n) is 7.29. The molecular weight excluding hydrogens is 465 g/mol. The highest BCUT2D eigenvalue weighted by Crippen LogP contribution is 2.27. The first-order chi connectivity index (χ1) is 15.4. The van der Waals surface area contributed by atoms with Crippen molar-refractivity contribution in [2.75, 3.05) is 6.54 Å². The highest BCUT2D eigenvalue weighted by molar-refractivity contribution is 7.89. The molecule has 0 bridgehead atoms. The van der Waals surface area contributed by atoms with E-state index < -0.39 is 45.1 Å². The van der Waals surface area contributed by atoms with Crippen LogP contribution >= 0.6 is 0 Å². The number of carbonyl (C=O) groups excluding carboxylic acids is 1. The van der Waals surface area contributed by atoms with E-state index in [1.807, 2.05) is 0 Å². The summed E-state index contributed by atoms with van der Waals surface area (Å²) >= 11 is 0. The molecule has 3 rings (SSSR count). The van der Waals surface area contributed by atoms with Crippen molar-refractivity contribution in [2.45, 2.75) is 23.9 Å². The lowest BCUT2D eigenvalue weighted by atomic mass is 9.94. The fourth-order valence-electron chi connectivity index (χ4n) is 3.26. The van der Waals surface area contributed by atoms with Crippen LogP contribution in [0.1, 0.15) is 11.1 Å². The number of nitrogens with one attached hydrogen (secondary N) is 1. The van der Waals surface area contributed by atoms with E-state index in [4.69, 9.17) is 0 Å².